The number of thioether (sulfide) groups is 2. The Balaban J connectivity index is 1.84. The summed E-state index contributed by atoms with van der Waals surface area (Å²) in [6.45, 7) is 1.96. The van der Waals surface area contributed by atoms with E-state index in [4.69, 9.17) is 0 Å². The smallest absolute Gasteiger partial charge is 0.315 e. The average molecular weight is 439 g/mol. The average Bonchev–Trinajstić information content (AvgIpc) is 3.00. The first-order valence-electron chi connectivity index (χ1n) is 9.82. The minimum Gasteiger partial charge on any atom is -0.468 e. The molecule has 0 spiro atoms. The van der Waals surface area contributed by atoms with Crippen LogP contribution in [-0.2, 0) is 14.3 Å². The van der Waals surface area contributed by atoms with E-state index in [1.807, 2.05) is 43.3 Å². The lowest BCUT2D eigenvalue weighted by molar-refractivity contribution is -0.137. The molecular formula is C22H30O5S2. The summed E-state index contributed by atoms with van der Waals surface area (Å²) in [6, 6.07) is 9.78. The number of hydrogen-bond acceptors (Lipinski definition) is 7. The van der Waals surface area contributed by atoms with Gasteiger partial charge in [-0.15, -0.1) is 11.8 Å². The third-order valence-electron chi connectivity index (χ3n) is 5.07. The Morgan fingerprint density at radius 3 is 2.72 bits per heavy atom. The Bertz CT molecular complexity index is 679. The summed E-state index contributed by atoms with van der Waals surface area (Å²) < 4.78 is 4.60. The molecule has 2 N–H and O–H groups in total. The molecule has 0 aliphatic heterocycles. The maximum absolute atomic E-state index is 12.3. The molecule has 1 saturated carbocycles. The van der Waals surface area contributed by atoms with E-state index in [1.165, 1.54) is 18.9 Å². The van der Waals surface area contributed by atoms with E-state index in [9.17, 15) is 19.8 Å². The van der Waals surface area contributed by atoms with Crippen LogP contribution in [0, 0.1) is 5.92 Å². The summed E-state index contributed by atoms with van der Waals surface area (Å²) in [5, 5.41) is 20.5. The number of ether oxygens (including phenoxy) is 1. The van der Waals surface area contributed by atoms with Crippen molar-refractivity contribution in [3.63, 3.8) is 0 Å². The van der Waals surface area contributed by atoms with Gasteiger partial charge in [-0.3, -0.25) is 9.59 Å². The molecule has 0 radical (unpaired) electrons. The van der Waals surface area contributed by atoms with Crippen LogP contribution >= 0.6 is 23.5 Å². The van der Waals surface area contributed by atoms with Gasteiger partial charge in [-0.05, 0) is 23.5 Å². The third-order valence-corrected chi connectivity index (χ3v) is 7.55. The van der Waals surface area contributed by atoms with Crippen LogP contribution in [0.5, 0.6) is 0 Å². The maximum atomic E-state index is 12.3. The van der Waals surface area contributed by atoms with E-state index >= 15 is 0 Å². The topological polar surface area (TPSA) is 83.8 Å². The van der Waals surface area contributed by atoms with Gasteiger partial charge in [0.25, 0.3) is 0 Å². The van der Waals surface area contributed by atoms with Gasteiger partial charge in [0.05, 0.1) is 30.3 Å². The number of Topliss-reactive ketones (excluding diaryl/α,β-unsaturated/α-hetero) is 1. The lowest BCUT2D eigenvalue weighted by Crippen LogP contribution is -2.22. The highest BCUT2D eigenvalue weighted by molar-refractivity contribution is 8.01. The molecule has 0 amide bonds. The van der Waals surface area contributed by atoms with Crippen LogP contribution in [0.25, 0.3) is 0 Å². The number of esters is 1. The summed E-state index contributed by atoms with van der Waals surface area (Å²) in [5.41, 5.74) is 1.04. The first-order valence-corrected chi connectivity index (χ1v) is 12.0. The Morgan fingerprint density at radius 1 is 1.31 bits per heavy atom. The van der Waals surface area contributed by atoms with Crippen LogP contribution in [0.1, 0.15) is 31.2 Å². The lowest BCUT2D eigenvalue weighted by atomic mass is 9.94. The Labute approximate surface area is 181 Å². The molecule has 1 aromatic carbocycles. The molecule has 0 saturated heterocycles. The van der Waals surface area contributed by atoms with E-state index in [1.54, 1.807) is 17.8 Å². The van der Waals surface area contributed by atoms with Gasteiger partial charge in [-0.25, -0.2) is 0 Å². The van der Waals surface area contributed by atoms with E-state index in [0.717, 1.165) is 23.5 Å². The van der Waals surface area contributed by atoms with Crippen LogP contribution in [0.2, 0.25) is 0 Å². The van der Waals surface area contributed by atoms with Gasteiger partial charge < -0.3 is 14.9 Å². The Hall–Kier alpha value is -1.28. The summed E-state index contributed by atoms with van der Waals surface area (Å²) in [6.07, 6.45) is 3.17. The first-order chi connectivity index (χ1) is 13.9. The van der Waals surface area contributed by atoms with Crippen molar-refractivity contribution in [2.75, 3.05) is 24.4 Å². The van der Waals surface area contributed by atoms with E-state index in [-0.39, 0.29) is 35.3 Å². The molecule has 1 fully saturated rings. The molecule has 0 aromatic heterocycles. The predicted molar refractivity (Wildman–Crippen MR) is 119 cm³/mol. The number of ketones is 1. The maximum Gasteiger partial charge on any atom is 0.315 e. The van der Waals surface area contributed by atoms with Crippen LogP contribution in [0.4, 0.5) is 0 Å². The van der Waals surface area contributed by atoms with Gasteiger partial charge in [0.2, 0.25) is 0 Å². The quantitative estimate of drug-likeness (QED) is 0.312. The molecule has 1 aliphatic carbocycles. The van der Waals surface area contributed by atoms with Crippen molar-refractivity contribution in [3.8, 4) is 0 Å². The number of aliphatic hydroxyl groups is 2. The highest BCUT2D eigenvalue weighted by Crippen LogP contribution is 2.35. The third kappa shape index (κ3) is 7.48. The standard InChI is InChI=1S/C22H30O5S2/c1-15(16-7-4-3-5-8-16)18(23)10-9-17-19(24)13-20(25)22(17)29-12-6-11-28-14-21(26)27-2/h3-5,7-10,15,17-19,22-24H,6,11-14H2,1-2H3/t15?,17-,18?,19+,22?/m0/s1. The van der Waals surface area contributed by atoms with Crippen molar-refractivity contribution in [1.29, 1.82) is 0 Å². The van der Waals surface area contributed by atoms with Gasteiger partial charge in [0, 0.05) is 18.3 Å². The number of carbonyl (C=O) groups is 2. The SMILES string of the molecule is COC(=O)CSCCCSC1C(=O)C[C@@H](O)[C@@H]1C=CC(O)C(C)c1ccccc1. The van der Waals surface area contributed by atoms with Crippen molar-refractivity contribution in [3.05, 3.63) is 48.0 Å². The Morgan fingerprint density at radius 2 is 2.03 bits per heavy atom. The normalized spacial score (nSPS) is 24.0. The second-order valence-electron chi connectivity index (χ2n) is 7.16. The number of rotatable bonds is 11. The minimum atomic E-state index is -0.704. The molecule has 7 heteroatoms. The predicted octanol–water partition coefficient (Wildman–Crippen LogP) is 3.06. The van der Waals surface area contributed by atoms with Crippen molar-refractivity contribution in [2.24, 2.45) is 5.92 Å². The largest absolute Gasteiger partial charge is 0.468 e. The van der Waals surface area contributed by atoms with Gasteiger partial charge >= 0.3 is 5.97 Å². The second kappa shape index (κ2) is 12.4. The lowest BCUT2D eigenvalue weighted by Gasteiger charge is -2.20. The molecule has 1 aromatic rings. The van der Waals surface area contributed by atoms with Crippen molar-refractivity contribution in [2.45, 2.75) is 43.1 Å². The van der Waals surface area contributed by atoms with Crippen LogP contribution in [0.3, 0.4) is 0 Å². The first kappa shape index (κ1) is 24.0. The van der Waals surface area contributed by atoms with Gasteiger partial charge in [-0.2, -0.15) is 11.8 Å². The number of methoxy groups -OCH3 is 1. The highest BCUT2D eigenvalue weighted by Gasteiger charge is 2.40. The second-order valence-corrected chi connectivity index (χ2v) is 9.52. The number of aliphatic hydroxyl groups excluding tert-OH is 2. The fourth-order valence-electron chi connectivity index (χ4n) is 3.26. The van der Waals surface area contributed by atoms with Crippen LogP contribution in [-0.4, -0.2) is 63.8 Å². The van der Waals surface area contributed by atoms with Crippen LogP contribution in [0.15, 0.2) is 42.5 Å². The summed E-state index contributed by atoms with van der Waals surface area (Å²) in [4.78, 5) is 23.4. The number of hydrogen-bond donors (Lipinski definition) is 2. The minimum absolute atomic E-state index is 0.0601. The van der Waals surface area contributed by atoms with Crippen molar-refractivity contribution in [1.82, 2.24) is 0 Å². The molecule has 1 aliphatic rings. The van der Waals surface area contributed by atoms with Crippen molar-refractivity contribution >= 4 is 35.3 Å². The fourth-order valence-corrected chi connectivity index (χ4v) is 5.56. The van der Waals surface area contributed by atoms with E-state index in [2.05, 4.69) is 4.74 Å². The molecule has 29 heavy (non-hydrogen) atoms. The molecule has 3 unspecified atom stereocenters. The molecule has 0 heterocycles. The molecule has 5 atom stereocenters. The molecule has 5 nitrogen and oxygen atoms in total. The van der Waals surface area contributed by atoms with Gasteiger partial charge in [0.1, 0.15) is 5.78 Å². The number of carbonyl (C=O) groups excluding carboxylic acids is 2. The van der Waals surface area contributed by atoms with Crippen molar-refractivity contribution < 1.29 is 24.5 Å². The zero-order valence-corrected chi connectivity index (χ0v) is 18.5. The zero-order valence-electron chi connectivity index (χ0n) is 16.9. The molecule has 160 valence electrons. The Kier molecular flexibility index (Phi) is 10.3. The molecular weight excluding hydrogens is 408 g/mol. The summed E-state index contributed by atoms with van der Waals surface area (Å²) in [5.74, 6) is 1.41. The molecule has 2 rings (SSSR count). The van der Waals surface area contributed by atoms with Gasteiger partial charge in [-0.1, -0.05) is 49.4 Å². The zero-order chi connectivity index (χ0) is 21.2. The number of benzene rings is 1. The van der Waals surface area contributed by atoms with E-state index < -0.39 is 12.2 Å². The molecule has 0 bridgehead atoms. The highest BCUT2D eigenvalue weighted by atomic mass is 32.2. The summed E-state index contributed by atoms with van der Waals surface area (Å²) >= 11 is 3.07. The van der Waals surface area contributed by atoms with Gasteiger partial charge in [0.15, 0.2) is 0 Å². The fraction of sp³-hybridized carbons (Fsp3) is 0.545. The van der Waals surface area contributed by atoms with Crippen LogP contribution < -0.4 is 0 Å². The summed E-state index contributed by atoms with van der Waals surface area (Å²) in [7, 11) is 1.38. The van der Waals surface area contributed by atoms with E-state index in [0.29, 0.717) is 5.75 Å². The monoisotopic (exact) mass is 438 g/mol.